The predicted molar refractivity (Wildman–Crippen MR) is 117 cm³/mol. The molecule has 0 aliphatic carbocycles. The van der Waals surface area contributed by atoms with E-state index in [1.54, 1.807) is 12.1 Å². The van der Waals surface area contributed by atoms with Gasteiger partial charge in [0.15, 0.2) is 0 Å². The second-order valence-electron chi connectivity index (χ2n) is 7.98. The first-order valence-corrected chi connectivity index (χ1v) is 10.4. The molecule has 3 aromatic rings. The molecule has 0 bridgehead atoms. The number of aromatic amines is 1. The average Bonchev–Trinajstić information content (AvgIpc) is 3.36. The summed E-state index contributed by atoms with van der Waals surface area (Å²) in [4.78, 5) is 53.2. The van der Waals surface area contributed by atoms with Gasteiger partial charge in [0.2, 0.25) is 11.8 Å². The van der Waals surface area contributed by atoms with Gasteiger partial charge >= 0.3 is 6.03 Å². The lowest BCUT2D eigenvalue weighted by molar-refractivity contribution is -0.136. The Kier molecular flexibility index (Phi) is 4.85. The van der Waals surface area contributed by atoms with Crippen LogP contribution < -0.4 is 16.0 Å². The molecule has 5 amide bonds. The van der Waals surface area contributed by atoms with Gasteiger partial charge in [-0.3, -0.25) is 19.7 Å². The van der Waals surface area contributed by atoms with Gasteiger partial charge in [-0.1, -0.05) is 18.2 Å². The first-order valence-electron chi connectivity index (χ1n) is 10.4. The van der Waals surface area contributed by atoms with E-state index in [2.05, 4.69) is 20.9 Å². The molecule has 1 atom stereocenters. The number of H-pyrrole nitrogens is 1. The van der Waals surface area contributed by atoms with Crippen molar-refractivity contribution in [1.82, 2.24) is 20.5 Å². The van der Waals surface area contributed by atoms with Crippen LogP contribution in [0.5, 0.6) is 0 Å². The van der Waals surface area contributed by atoms with Crippen molar-refractivity contribution in [3.8, 4) is 0 Å². The summed E-state index contributed by atoms with van der Waals surface area (Å²) in [6, 6.07) is 12.0. The molecule has 0 radical (unpaired) electrons. The van der Waals surface area contributed by atoms with Crippen LogP contribution in [0.25, 0.3) is 10.9 Å². The van der Waals surface area contributed by atoms with Crippen molar-refractivity contribution in [2.75, 3.05) is 5.32 Å². The molecule has 0 saturated carbocycles. The summed E-state index contributed by atoms with van der Waals surface area (Å²) < 4.78 is 0. The van der Waals surface area contributed by atoms with Crippen molar-refractivity contribution in [2.24, 2.45) is 0 Å². The SMILES string of the molecule is O=C1CCC(N2Cc3cc(CNC(=O)Nc4ccc5cc[nH]c5c4)ccc3C2=O)C(=O)N1. The van der Waals surface area contributed by atoms with E-state index in [-0.39, 0.29) is 30.8 Å². The van der Waals surface area contributed by atoms with Crippen LogP contribution in [0.15, 0.2) is 48.7 Å². The number of urea groups is 1. The third kappa shape index (κ3) is 3.68. The van der Waals surface area contributed by atoms with E-state index < -0.39 is 11.9 Å². The number of nitrogens with one attached hydrogen (secondary N) is 4. The van der Waals surface area contributed by atoms with Crippen molar-refractivity contribution >= 4 is 40.3 Å². The van der Waals surface area contributed by atoms with Gasteiger partial charge in [0, 0.05) is 42.5 Å². The van der Waals surface area contributed by atoms with Crippen molar-refractivity contribution in [3.63, 3.8) is 0 Å². The minimum atomic E-state index is -0.642. The maximum atomic E-state index is 12.8. The zero-order valence-corrected chi connectivity index (χ0v) is 17.1. The van der Waals surface area contributed by atoms with Crippen molar-refractivity contribution in [2.45, 2.75) is 32.0 Å². The highest BCUT2D eigenvalue weighted by molar-refractivity contribution is 6.05. The second kappa shape index (κ2) is 7.84. The maximum absolute atomic E-state index is 12.8. The van der Waals surface area contributed by atoms with Crippen LogP contribution in [0.3, 0.4) is 0 Å². The molecule has 2 aliphatic heterocycles. The topological polar surface area (TPSA) is 123 Å². The van der Waals surface area contributed by atoms with Gasteiger partial charge in [0.25, 0.3) is 5.91 Å². The summed E-state index contributed by atoms with van der Waals surface area (Å²) in [6.07, 6.45) is 2.39. The highest BCUT2D eigenvalue weighted by Crippen LogP contribution is 2.28. The molecule has 1 saturated heterocycles. The molecule has 3 heterocycles. The van der Waals surface area contributed by atoms with Gasteiger partial charge in [-0.2, -0.15) is 0 Å². The Bertz CT molecular complexity index is 1260. The minimum absolute atomic E-state index is 0.216. The molecule has 1 fully saturated rings. The van der Waals surface area contributed by atoms with E-state index >= 15 is 0 Å². The number of piperidine rings is 1. The predicted octanol–water partition coefficient (Wildman–Crippen LogP) is 2.25. The second-order valence-corrected chi connectivity index (χ2v) is 7.98. The number of aromatic nitrogens is 1. The molecular weight excluding hydrogens is 410 g/mol. The molecule has 5 rings (SSSR count). The van der Waals surface area contributed by atoms with Gasteiger partial charge in [0.1, 0.15) is 6.04 Å². The van der Waals surface area contributed by atoms with Gasteiger partial charge in [0.05, 0.1) is 0 Å². The minimum Gasteiger partial charge on any atom is -0.361 e. The number of nitrogens with zero attached hydrogens (tertiary/aromatic N) is 1. The Labute approximate surface area is 183 Å². The Morgan fingerprint density at radius 1 is 1.09 bits per heavy atom. The first-order chi connectivity index (χ1) is 15.5. The lowest BCUT2D eigenvalue weighted by atomic mass is 10.0. The lowest BCUT2D eigenvalue weighted by Gasteiger charge is -2.29. The average molecular weight is 431 g/mol. The van der Waals surface area contributed by atoms with Crippen molar-refractivity contribution in [3.05, 3.63) is 65.4 Å². The van der Waals surface area contributed by atoms with Crippen LogP contribution in [0.1, 0.15) is 34.3 Å². The fourth-order valence-corrected chi connectivity index (χ4v) is 4.22. The Balaban J connectivity index is 1.21. The smallest absolute Gasteiger partial charge is 0.319 e. The van der Waals surface area contributed by atoms with Gasteiger partial charge in [-0.15, -0.1) is 0 Å². The third-order valence-electron chi connectivity index (χ3n) is 5.85. The van der Waals surface area contributed by atoms with Crippen LogP contribution in [0.4, 0.5) is 10.5 Å². The molecule has 0 spiro atoms. The van der Waals surface area contributed by atoms with Crippen molar-refractivity contribution in [1.29, 1.82) is 0 Å². The maximum Gasteiger partial charge on any atom is 0.319 e. The normalized spacial score (nSPS) is 17.9. The van der Waals surface area contributed by atoms with Crippen LogP contribution in [-0.4, -0.2) is 39.7 Å². The fraction of sp³-hybridized carbons (Fsp3) is 0.217. The van der Waals surface area contributed by atoms with E-state index in [0.29, 0.717) is 24.2 Å². The summed E-state index contributed by atoms with van der Waals surface area (Å²) in [7, 11) is 0. The molecule has 2 aromatic carbocycles. The molecule has 1 aromatic heterocycles. The number of anilines is 1. The number of rotatable bonds is 4. The molecule has 32 heavy (non-hydrogen) atoms. The summed E-state index contributed by atoms with van der Waals surface area (Å²) >= 11 is 0. The van der Waals surface area contributed by atoms with Crippen LogP contribution >= 0.6 is 0 Å². The van der Waals surface area contributed by atoms with E-state index in [1.807, 2.05) is 36.5 Å². The van der Waals surface area contributed by atoms with E-state index in [0.717, 1.165) is 22.0 Å². The number of hydrogen-bond acceptors (Lipinski definition) is 4. The van der Waals surface area contributed by atoms with Crippen LogP contribution in [-0.2, 0) is 22.7 Å². The molecule has 9 nitrogen and oxygen atoms in total. The largest absolute Gasteiger partial charge is 0.361 e. The molecule has 162 valence electrons. The van der Waals surface area contributed by atoms with Crippen LogP contribution in [0.2, 0.25) is 0 Å². The highest BCUT2D eigenvalue weighted by atomic mass is 16.2. The highest BCUT2D eigenvalue weighted by Gasteiger charge is 2.39. The number of amides is 5. The number of benzene rings is 2. The number of carbonyl (C=O) groups is 4. The van der Waals surface area contributed by atoms with Crippen LogP contribution in [0, 0.1) is 0 Å². The number of carbonyl (C=O) groups excluding carboxylic acids is 4. The summed E-state index contributed by atoms with van der Waals surface area (Å²) in [5.41, 5.74) is 3.80. The third-order valence-corrected chi connectivity index (χ3v) is 5.85. The van der Waals surface area contributed by atoms with Gasteiger partial charge in [-0.25, -0.2) is 4.79 Å². The Morgan fingerprint density at radius 2 is 1.97 bits per heavy atom. The zero-order chi connectivity index (χ0) is 22.2. The quantitative estimate of drug-likeness (QED) is 0.473. The molecule has 2 aliphatic rings. The Morgan fingerprint density at radius 3 is 2.81 bits per heavy atom. The summed E-state index contributed by atoms with van der Waals surface area (Å²) in [5.74, 6) is -0.958. The molecular formula is C23H21N5O4. The molecule has 4 N–H and O–H groups in total. The van der Waals surface area contributed by atoms with E-state index in [1.165, 1.54) is 4.90 Å². The number of imide groups is 1. The summed E-state index contributed by atoms with van der Waals surface area (Å²) in [6.45, 7) is 0.590. The van der Waals surface area contributed by atoms with Gasteiger partial charge in [-0.05, 0) is 47.2 Å². The van der Waals surface area contributed by atoms with E-state index in [4.69, 9.17) is 0 Å². The monoisotopic (exact) mass is 431 g/mol. The Hall–Kier alpha value is -4.14. The van der Waals surface area contributed by atoms with E-state index in [9.17, 15) is 19.2 Å². The standard InChI is InChI=1S/C23H21N5O4/c29-20-6-5-19(21(30)27-20)28-12-15-9-13(1-4-17(15)22(28)31)11-25-23(32)26-16-3-2-14-7-8-24-18(14)10-16/h1-4,7-10,19,24H,5-6,11-12H2,(H2,25,26,32)(H,27,29,30). The first kappa shape index (κ1) is 19.8. The molecule has 1 unspecified atom stereocenters. The fourth-order valence-electron chi connectivity index (χ4n) is 4.22. The summed E-state index contributed by atoms with van der Waals surface area (Å²) in [5, 5.41) is 8.99. The van der Waals surface area contributed by atoms with Crippen molar-refractivity contribution < 1.29 is 19.2 Å². The number of fused-ring (bicyclic) bond motifs is 2. The molecule has 9 heteroatoms. The van der Waals surface area contributed by atoms with Gasteiger partial charge < -0.3 is 20.5 Å². The number of hydrogen-bond donors (Lipinski definition) is 4. The zero-order valence-electron chi connectivity index (χ0n) is 17.1. The lowest BCUT2D eigenvalue weighted by Crippen LogP contribution is -2.52.